The van der Waals surface area contributed by atoms with Crippen molar-refractivity contribution in [1.82, 2.24) is 5.32 Å². The maximum atomic E-state index is 11.6. The number of hydrogen-bond acceptors (Lipinski definition) is 3. The van der Waals surface area contributed by atoms with Gasteiger partial charge in [-0.3, -0.25) is 0 Å². The van der Waals surface area contributed by atoms with Crippen LogP contribution >= 0.6 is 0 Å². The highest BCUT2D eigenvalue weighted by Crippen LogP contribution is 2.16. The third-order valence-electron chi connectivity index (χ3n) is 3.04. The van der Waals surface area contributed by atoms with Crippen molar-refractivity contribution < 1.29 is 8.42 Å². The van der Waals surface area contributed by atoms with Crippen LogP contribution in [-0.2, 0) is 9.84 Å². The van der Waals surface area contributed by atoms with Gasteiger partial charge in [-0.05, 0) is 18.9 Å². The Hall–Kier alpha value is -0.870. The fourth-order valence-corrected chi connectivity index (χ4v) is 3.12. The zero-order valence-corrected chi connectivity index (χ0v) is 12.2. The third-order valence-corrected chi connectivity index (χ3v) is 4.93. The summed E-state index contributed by atoms with van der Waals surface area (Å²) in [4.78, 5) is 0. The molecule has 0 aliphatic heterocycles. The van der Waals surface area contributed by atoms with E-state index in [1.54, 1.807) is 6.92 Å². The molecule has 0 heterocycles. The molecular formula is C14H23NO2S. The largest absolute Gasteiger partial charge is 0.306 e. The van der Waals surface area contributed by atoms with Crippen molar-refractivity contribution in [1.29, 1.82) is 0 Å². The second kappa shape index (κ2) is 6.90. The molecule has 18 heavy (non-hydrogen) atoms. The van der Waals surface area contributed by atoms with Gasteiger partial charge in [0.1, 0.15) is 0 Å². The first kappa shape index (κ1) is 15.2. The SMILES string of the molecule is CCC(NC(C)CS(=O)(=O)CC)c1ccccc1. The number of rotatable bonds is 7. The van der Waals surface area contributed by atoms with E-state index in [2.05, 4.69) is 24.4 Å². The van der Waals surface area contributed by atoms with Gasteiger partial charge in [0, 0.05) is 17.8 Å². The highest BCUT2D eigenvalue weighted by atomic mass is 32.2. The molecule has 2 atom stereocenters. The van der Waals surface area contributed by atoms with E-state index in [-0.39, 0.29) is 23.6 Å². The van der Waals surface area contributed by atoms with Crippen LogP contribution in [0.2, 0.25) is 0 Å². The molecular weight excluding hydrogens is 246 g/mol. The lowest BCUT2D eigenvalue weighted by atomic mass is 10.0. The molecule has 0 radical (unpaired) electrons. The zero-order chi connectivity index (χ0) is 13.6. The second-order valence-corrected chi connectivity index (χ2v) is 7.04. The Labute approximate surface area is 111 Å². The normalized spacial score (nSPS) is 15.3. The summed E-state index contributed by atoms with van der Waals surface area (Å²) in [5.41, 5.74) is 1.21. The van der Waals surface area contributed by atoms with Crippen LogP contribution in [0.4, 0.5) is 0 Å². The Balaban J connectivity index is 2.65. The maximum absolute atomic E-state index is 11.6. The van der Waals surface area contributed by atoms with Crippen molar-refractivity contribution in [3.05, 3.63) is 35.9 Å². The highest BCUT2D eigenvalue weighted by Gasteiger charge is 2.17. The van der Waals surface area contributed by atoms with E-state index in [1.165, 1.54) is 5.56 Å². The van der Waals surface area contributed by atoms with Crippen LogP contribution in [0.15, 0.2) is 30.3 Å². The molecule has 0 aromatic heterocycles. The number of sulfone groups is 1. The van der Waals surface area contributed by atoms with Gasteiger partial charge in [-0.1, -0.05) is 44.2 Å². The molecule has 0 aliphatic carbocycles. The van der Waals surface area contributed by atoms with Crippen LogP contribution in [-0.4, -0.2) is 26.0 Å². The fraction of sp³-hybridized carbons (Fsp3) is 0.571. The molecule has 1 rings (SSSR count). The van der Waals surface area contributed by atoms with E-state index < -0.39 is 9.84 Å². The van der Waals surface area contributed by atoms with E-state index in [0.29, 0.717) is 0 Å². The highest BCUT2D eigenvalue weighted by molar-refractivity contribution is 7.91. The smallest absolute Gasteiger partial charge is 0.151 e. The molecule has 0 amide bonds. The molecule has 0 saturated carbocycles. The molecule has 0 spiro atoms. The zero-order valence-electron chi connectivity index (χ0n) is 11.4. The average molecular weight is 269 g/mol. The van der Waals surface area contributed by atoms with Crippen molar-refractivity contribution in [3.8, 4) is 0 Å². The van der Waals surface area contributed by atoms with Gasteiger partial charge in [0.25, 0.3) is 0 Å². The van der Waals surface area contributed by atoms with Gasteiger partial charge in [-0.25, -0.2) is 8.42 Å². The third kappa shape index (κ3) is 4.78. The van der Waals surface area contributed by atoms with Crippen LogP contribution in [0.25, 0.3) is 0 Å². The minimum absolute atomic E-state index is 0.0277. The summed E-state index contributed by atoms with van der Waals surface area (Å²) < 4.78 is 23.2. The van der Waals surface area contributed by atoms with Gasteiger partial charge in [0.15, 0.2) is 9.84 Å². The minimum Gasteiger partial charge on any atom is -0.306 e. The molecule has 102 valence electrons. The van der Waals surface area contributed by atoms with E-state index in [4.69, 9.17) is 0 Å². The van der Waals surface area contributed by atoms with E-state index >= 15 is 0 Å². The van der Waals surface area contributed by atoms with E-state index in [1.807, 2.05) is 25.1 Å². The van der Waals surface area contributed by atoms with Crippen LogP contribution < -0.4 is 5.32 Å². The summed E-state index contributed by atoms with van der Waals surface area (Å²) in [6.45, 7) is 5.72. The summed E-state index contributed by atoms with van der Waals surface area (Å²) in [6.07, 6.45) is 0.945. The Kier molecular flexibility index (Phi) is 5.82. The number of hydrogen-bond donors (Lipinski definition) is 1. The molecule has 1 aromatic carbocycles. The lowest BCUT2D eigenvalue weighted by molar-refractivity contribution is 0.463. The molecule has 0 fully saturated rings. The van der Waals surface area contributed by atoms with Gasteiger partial charge in [0.2, 0.25) is 0 Å². The Morgan fingerprint density at radius 2 is 1.78 bits per heavy atom. The molecule has 3 nitrogen and oxygen atoms in total. The van der Waals surface area contributed by atoms with Gasteiger partial charge in [-0.15, -0.1) is 0 Å². The van der Waals surface area contributed by atoms with Crippen molar-refractivity contribution in [2.75, 3.05) is 11.5 Å². The van der Waals surface area contributed by atoms with Crippen LogP contribution in [0, 0.1) is 0 Å². The first-order valence-corrected chi connectivity index (χ1v) is 8.32. The quantitative estimate of drug-likeness (QED) is 0.827. The summed E-state index contributed by atoms with van der Waals surface area (Å²) in [5, 5.41) is 3.39. The predicted molar refractivity (Wildman–Crippen MR) is 76.4 cm³/mol. The van der Waals surface area contributed by atoms with Gasteiger partial charge < -0.3 is 5.32 Å². The molecule has 0 aliphatic rings. The summed E-state index contributed by atoms with van der Waals surface area (Å²) >= 11 is 0. The molecule has 2 unspecified atom stereocenters. The minimum atomic E-state index is -2.92. The molecule has 4 heteroatoms. The Morgan fingerprint density at radius 1 is 1.17 bits per heavy atom. The summed E-state index contributed by atoms with van der Waals surface area (Å²) in [7, 11) is -2.92. The average Bonchev–Trinajstić information content (AvgIpc) is 2.36. The number of nitrogens with one attached hydrogen (secondary N) is 1. The lowest BCUT2D eigenvalue weighted by Gasteiger charge is -2.22. The van der Waals surface area contributed by atoms with Gasteiger partial charge >= 0.3 is 0 Å². The molecule has 0 bridgehead atoms. The first-order valence-electron chi connectivity index (χ1n) is 6.50. The van der Waals surface area contributed by atoms with Crippen LogP contribution in [0.3, 0.4) is 0 Å². The van der Waals surface area contributed by atoms with Crippen molar-refractivity contribution in [3.63, 3.8) is 0 Å². The van der Waals surface area contributed by atoms with Crippen molar-refractivity contribution in [2.45, 2.75) is 39.3 Å². The monoisotopic (exact) mass is 269 g/mol. The lowest BCUT2D eigenvalue weighted by Crippen LogP contribution is -2.36. The van der Waals surface area contributed by atoms with Gasteiger partial charge in [-0.2, -0.15) is 0 Å². The molecule has 0 saturated heterocycles. The Morgan fingerprint density at radius 3 is 2.28 bits per heavy atom. The van der Waals surface area contributed by atoms with Crippen molar-refractivity contribution in [2.24, 2.45) is 0 Å². The van der Waals surface area contributed by atoms with E-state index in [0.717, 1.165) is 6.42 Å². The van der Waals surface area contributed by atoms with Crippen LogP contribution in [0.5, 0.6) is 0 Å². The Bertz CT molecular complexity index is 442. The second-order valence-electron chi connectivity index (χ2n) is 4.64. The number of benzene rings is 1. The van der Waals surface area contributed by atoms with Crippen LogP contribution in [0.1, 0.15) is 38.8 Å². The van der Waals surface area contributed by atoms with Crippen molar-refractivity contribution >= 4 is 9.84 Å². The maximum Gasteiger partial charge on any atom is 0.151 e. The van der Waals surface area contributed by atoms with Gasteiger partial charge in [0.05, 0.1) is 5.75 Å². The predicted octanol–water partition coefficient (Wildman–Crippen LogP) is 2.55. The summed E-state index contributed by atoms with van der Waals surface area (Å²) in [5.74, 6) is 0.411. The first-order chi connectivity index (χ1) is 8.48. The summed E-state index contributed by atoms with van der Waals surface area (Å²) in [6, 6.07) is 10.3. The molecule has 1 N–H and O–H groups in total. The topological polar surface area (TPSA) is 46.2 Å². The fourth-order valence-electron chi connectivity index (χ4n) is 2.03. The van der Waals surface area contributed by atoms with E-state index in [9.17, 15) is 8.42 Å². The molecule has 1 aromatic rings. The standard InChI is InChI=1S/C14H23NO2S/c1-4-14(13-9-7-6-8-10-13)15-12(3)11-18(16,17)5-2/h6-10,12,14-15H,4-5,11H2,1-3H3.